The second-order valence-corrected chi connectivity index (χ2v) is 5.40. The Morgan fingerprint density at radius 1 is 1.37 bits per heavy atom. The highest BCUT2D eigenvalue weighted by Crippen LogP contribution is 2.20. The van der Waals surface area contributed by atoms with Crippen molar-refractivity contribution in [1.82, 2.24) is 5.32 Å². The standard InChI is InChI=1S/C15H21NO3/c1-10(2)11-3-5-14(6-4-11)19-9-15(18)16-12-7-13(17)8-12/h3-6,10,12-13,17H,7-9H2,1-2H3,(H,16,18). The van der Waals surface area contributed by atoms with E-state index in [2.05, 4.69) is 19.2 Å². The molecule has 0 saturated heterocycles. The van der Waals surface area contributed by atoms with Crippen molar-refractivity contribution in [3.05, 3.63) is 29.8 Å². The lowest BCUT2D eigenvalue weighted by atomic mass is 9.89. The SMILES string of the molecule is CC(C)c1ccc(OCC(=O)NC2CC(O)C2)cc1. The number of carbonyl (C=O) groups excluding carboxylic acids is 1. The number of rotatable bonds is 5. The van der Waals surface area contributed by atoms with Crippen LogP contribution in [0.25, 0.3) is 0 Å². The highest BCUT2D eigenvalue weighted by molar-refractivity contribution is 5.78. The van der Waals surface area contributed by atoms with Crippen molar-refractivity contribution >= 4 is 5.91 Å². The Labute approximate surface area is 113 Å². The lowest BCUT2D eigenvalue weighted by Crippen LogP contribution is -2.48. The van der Waals surface area contributed by atoms with Gasteiger partial charge in [-0.2, -0.15) is 0 Å². The first-order valence-electron chi connectivity index (χ1n) is 6.75. The molecule has 0 radical (unpaired) electrons. The molecule has 1 aliphatic carbocycles. The monoisotopic (exact) mass is 263 g/mol. The molecular weight excluding hydrogens is 242 g/mol. The van der Waals surface area contributed by atoms with Crippen LogP contribution < -0.4 is 10.1 Å². The summed E-state index contributed by atoms with van der Waals surface area (Å²) in [5.41, 5.74) is 1.25. The predicted octanol–water partition coefficient (Wildman–Crippen LogP) is 1.83. The summed E-state index contributed by atoms with van der Waals surface area (Å²) < 4.78 is 5.42. The molecule has 0 atom stereocenters. The summed E-state index contributed by atoms with van der Waals surface area (Å²) >= 11 is 0. The minimum absolute atomic E-state index is 0.0214. The minimum Gasteiger partial charge on any atom is -0.484 e. The highest BCUT2D eigenvalue weighted by Gasteiger charge is 2.28. The van der Waals surface area contributed by atoms with Gasteiger partial charge >= 0.3 is 0 Å². The van der Waals surface area contributed by atoms with Crippen molar-refractivity contribution in [3.63, 3.8) is 0 Å². The fourth-order valence-electron chi connectivity index (χ4n) is 2.07. The fourth-order valence-corrected chi connectivity index (χ4v) is 2.07. The molecule has 0 aromatic heterocycles. The van der Waals surface area contributed by atoms with Crippen LogP contribution in [-0.2, 0) is 4.79 Å². The summed E-state index contributed by atoms with van der Waals surface area (Å²) in [6.07, 6.45) is 1.04. The zero-order valence-electron chi connectivity index (χ0n) is 11.4. The average Bonchev–Trinajstić information content (AvgIpc) is 2.35. The number of amides is 1. The van der Waals surface area contributed by atoms with E-state index in [4.69, 9.17) is 9.84 Å². The summed E-state index contributed by atoms with van der Waals surface area (Å²) in [7, 11) is 0. The first kappa shape index (κ1) is 13.9. The van der Waals surface area contributed by atoms with Gasteiger partial charge < -0.3 is 15.2 Å². The van der Waals surface area contributed by atoms with Gasteiger partial charge in [0.05, 0.1) is 6.10 Å². The summed E-state index contributed by atoms with van der Waals surface area (Å²) in [4.78, 5) is 11.6. The molecule has 0 unspecified atom stereocenters. The molecule has 0 bridgehead atoms. The molecule has 1 fully saturated rings. The van der Waals surface area contributed by atoms with Crippen molar-refractivity contribution in [2.45, 2.75) is 44.8 Å². The lowest BCUT2D eigenvalue weighted by Gasteiger charge is -2.31. The minimum atomic E-state index is -0.255. The molecule has 2 rings (SSSR count). The largest absolute Gasteiger partial charge is 0.484 e. The van der Waals surface area contributed by atoms with Gasteiger partial charge in [-0.05, 0) is 36.5 Å². The molecule has 0 spiro atoms. The molecule has 1 amide bonds. The number of ether oxygens (including phenoxy) is 1. The van der Waals surface area contributed by atoms with Crippen LogP contribution in [0.5, 0.6) is 5.75 Å². The fraction of sp³-hybridized carbons (Fsp3) is 0.533. The molecule has 0 heterocycles. The van der Waals surface area contributed by atoms with Crippen molar-refractivity contribution in [2.24, 2.45) is 0 Å². The van der Waals surface area contributed by atoms with E-state index in [1.165, 1.54) is 5.56 Å². The summed E-state index contributed by atoms with van der Waals surface area (Å²) in [5.74, 6) is 1.06. The second-order valence-electron chi connectivity index (χ2n) is 5.40. The zero-order chi connectivity index (χ0) is 13.8. The number of nitrogens with one attached hydrogen (secondary N) is 1. The van der Waals surface area contributed by atoms with Gasteiger partial charge in [0.15, 0.2) is 6.61 Å². The van der Waals surface area contributed by atoms with Crippen molar-refractivity contribution in [1.29, 1.82) is 0 Å². The van der Waals surface area contributed by atoms with Gasteiger partial charge in [0.2, 0.25) is 0 Å². The van der Waals surface area contributed by atoms with Gasteiger partial charge in [0, 0.05) is 6.04 Å². The summed E-state index contributed by atoms with van der Waals surface area (Å²) in [6, 6.07) is 7.90. The third-order valence-corrected chi connectivity index (χ3v) is 3.39. The van der Waals surface area contributed by atoms with E-state index in [0.29, 0.717) is 24.5 Å². The van der Waals surface area contributed by atoms with E-state index in [1.807, 2.05) is 24.3 Å². The number of aliphatic hydroxyl groups excluding tert-OH is 1. The summed E-state index contributed by atoms with van der Waals surface area (Å²) in [5, 5.41) is 12.0. The van der Waals surface area contributed by atoms with Crippen molar-refractivity contribution < 1.29 is 14.6 Å². The Hall–Kier alpha value is -1.55. The van der Waals surface area contributed by atoms with E-state index in [9.17, 15) is 4.79 Å². The third kappa shape index (κ3) is 3.96. The molecular formula is C15H21NO3. The van der Waals surface area contributed by atoms with E-state index >= 15 is 0 Å². The number of benzene rings is 1. The maximum absolute atomic E-state index is 11.6. The van der Waals surface area contributed by atoms with Crippen LogP contribution in [0.1, 0.15) is 38.2 Å². The van der Waals surface area contributed by atoms with Gasteiger partial charge in [-0.3, -0.25) is 4.79 Å². The van der Waals surface area contributed by atoms with E-state index in [-0.39, 0.29) is 24.7 Å². The van der Waals surface area contributed by atoms with Crippen LogP contribution in [-0.4, -0.2) is 29.8 Å². The summed E-state index contributed by atoms with van der Waals surface area (Å²) in [6.45, 7) is 4.29. The van der Waals surface area contributed by atoms with E-state index in [0.717, 1.165) is 0 Å². The molecule has 1 aromatic carbocycles. The molecule has 19 heavy (non-hydrogen) atoms. The van der Waals surface area contributed by atoms with Crippen molar-refractivity contribution in [3.8, 4) is 5.75 Å². The number of aliphatic hydroxyl groups is 1. The topological polar surface area (TPSA) is 58.6 Å². The Morgan fingerprint density at radius 3 is 2.53 bits per heavy atom. The highest BCUT2D eigenvalue weighted by atomic mass is 16.5. The molecule has 1 aliphatic rings. The molecule has 2 N–H and O–H groups in total. The van der Waals surface area contributed by atoms with Gasteiger partial charge in [-0.1, -0.05) is 26.0 Å². The first-order valence-corrected chi connectivity index (χ1v) is 6.75. The molecule has 4 heteroatoms. The maximum Gasteiger partial charge on any atom is 0.258 e. The Morgan fingerprint density at radius 2 is 2.00 bits per heavy atom. The van der Waals surface area contributed by atoms with E-state index < -0.39 is 0 Å². The Kier molecular flexibility index (Phi) is 4.43. The predicted molar refractivity (Wildman–Crippen MR) is 73.2 cm³/mol. The first-order chi connectivity index (χ1) is 9.04. The van der Waals surface area contributed by atoms with Crippen LogP contribution in [0, 0.1) is 0 Å². The van der Waals surface area contributed by atoms with Gasteiger partial charge in [-0.15, -0.1) is 0 Å². The second kappa shape index (κ2) is 6.06. The van der Waals surface area contributed by atoms with Gasteiger partial charge in [0.1, 0.15) is 5.75 Å². The van der Waals surface area contributed by atoms with Gasteiger partial charge in [-0.25, -0.2) is 0 Å². The molecule has 1 aromatic rings. The molecule has 104 valence electrons. The molecule has 1 saturated carbocycles. The Balaban J connectivity index is 1.74. The number of hydrogen-bond acceptors (Lipinski definition) is 3. The third-order valence-electron chi connectivity index (χ3n) is 3.39. The average molecular weight is 263 g/mol. The van der Waals surface area contributed by atoms with E-state index in [1.54, 1.807) is 0 Å². The maximum atomic E-state index is 11.6. The normalized spacial score (nSPS) is 21.9. The molecule has 4 nitrogen and oxygen atoms in total. The zero-order valence-corrected chi connectivity index (χ0v) is 11.4. The Bertz CT molecular complexity index is 422. The number of hydrogen-bond donors (Lipinski definition) is 2. The van der Waals surface area contributed by atoms with Crippen LogP contribution in [0.15, 0.2) is 24.3 Å². The van der Waals surface area contributed by atoms with Crippen LogP contribution in [0.3, 0.4) is 0 Å². The van der Waals surface area contributed by atoms with Crippen molar-refractivity contribution in [2.75, 3.05) is 6.61 Å². The lowest BCUT2D eigenvalue weighted by molar-refractivity contribution is -0.125. The van der Waals surface area contributed by atoms with Gasteiger partial charge in [0.25, 0.3) is 5.91 Å². The van der Waals surface area contributed by atoms with Crippen LogP contribution >= 0.6 is 0 Å². The van der Waals surface area contributed by atoms with Crippen LogP contribution in [0.2, 0.25) is 0 Å². The quantitative estimate of drug-likeness (QED) is 0.852. The van der Waals surface area contributed by atoms with Crippen LogP contribution in [0.4, 0.5) is 0 Å². The molecule has 0 aliphatic heterocycles. The smallest absolute Gasteiger partial charge is 0.258 e. The number of carbonyl (C=O) groups is 1.